The average molecular weight is 278 g/mol. The SMILES string of the molecule is COc1ccc(C(C)=NNC(=O)CC(C)C)cc1OC. The average Bonchev–Trinajstić information content (AvgIpc) is 2.43. The smallest absolute Gasteiger partial charge is 0.240 e. The number of nitrogens with one attached hydrogen (secondary N) is 1. The largest absolute Gasteiger partial charge is 0.493 e. The molecule has 5 heteroatoms. The van der Waals surface area contributed by atoms with Crippen LogP contribution in [0.2, 0.25) is 0 Å². The van der Waals surface area contributed by atoms with Gasteiger partial charge in [0.05, 0.1) is 19.9 Å². The lowest BCUT2D eigenvalue weighted by molar-refractivity contribution is -0.121. The zero-order valence-corrected chi connectivity index (χ0v) is 12.7. The van der Waals surface area contributed by atoms with Crippen LogP contribution in [0.5, 0.6) is 11.5 Å². The molecule has 1 amide bonds. The molecule has 0 saturated carbocycles. The molecule has 0 bridgehead atoms. The van der Waals surface area contributed by atoms with Crippen LogP contribution in [0.25, 0.3) is 0 Å². The first-order valence-corrected chi connectivity index (χ1v) is 6.53. The number of hydrogen-bond donors (Lipinski definition) is 1. The minimum absolute atomic E-state index is 0.0835. The van der Waals surface area contributed by atoms with E-state index in [-0.39, 0.29) is 5.91 Å². The van der Waals surface area contributed by atoms with Crippen LogP contribution in [0, 0.1) is 5.92 Å². The predicted octanol–water partition coefficient (Wildman–Crippen LogP) is 2.59. The van der Waals surface area contributed by atoms with Crippen LogP contribution < -0.4 is 14.9 Å². The van der Waals surface area contributed by atoms with Gasteiger partial charge in [0.15, 0.2) is 11.5 Å². The Morgan fingerprint density at radius 1 is 1.25 bits per heavy atom. The number of carbonyl (C=O) groups excluding carboxylic acids is 1. The maximum atomic E-state index is 11.5. The fraction of sp³-hybridized carbons (Fsp3) is 0.467. The van der Waals surface area contributed by atoms with E-state index in [0.29, 0.717) is 29.5 Å². The molecule has 1 N–H and O–H groups in total. The van der Waals surface area contributed by atoms with Crippen molar-refractivity contribution in [3.05, 3.63) is 23.8 Å². The number of methoxy groups -OCH3 is 2. The van der Waals surface area contributed by atoms with Crippen molar-refractivity contribution in [3.63, 3.8) is 0 Å². The van der Waals surface area contributed by atoms with E-state index in [1.807, 2.05) is 39.0 Å². The van der Waals surface area contributed by atoms with Gasteiger partial charge >= 0.3 is 0 Å². The second kappa shape index (κ2) is 7.53. The molecule has 0 atom stereocenters. The number of hydrogen-bond acceptors (Lipinski definition) is 4. The summed E-state index contributed by atoms with van der Waals surface area (Å²) in [6, 6.07) is 5.50. The zero-order chi connectivity index (χ0) is 15.1. The van der Waals surface area contributed by atoms with Crippen LogP contribution in [0.3, 0.4) is 0 Å². The van der Waals surface area contributed by atoms with Crippen LogP contribution in [0.4, 0.5) is 0 Å². The van der Waals surface area contributed by atoms with Gasteiger partial charge in [-0.25, -0.2) is 5.43 Å². The van der Waals surface area contributed by atoms with Crippen LogP contribution >= 0.6 is 0 Å². The first-order valence-electron chi connectivity index (χ1n) is 6.53. The molecule has 0 aliphatic carbocycles. The zero-order valence-electron chi connectivity index (χ0n) is 12.7. The van der Waals surface area contributed by atoms with Crippen LogP contribution in [0.1, 0.15) is 32.8 Å². The van der Waals surface area contributed by atoms with Crippen LogP contribution in [-0.2, 0) is 4.79 Å². The van der Waals surface area contributed by atoms with E-state index in [1.54, 1.807) is 14.2 Å². The normalized spacial score (nSPS) is 11.4. The van der Waals surface area contributed by atoms with Crippen molar-refractivity contribution in [2.75, 3.05) is 14.2 Å². The number of nitrogens with zero attached hydrogens (tertiary/aromatic N) is 1. The van der Waals surface area contributed by atoms with Crippen molar-refractivity contribution in [3.8, 4) is 11.5 Å². The van der Waals surface area contributed by atoms with Gasteiger partial charge in [-0.2, -0.15) is 5.10 Å². The molecule has 0 saturated heterocycles. The molecule has 1 rings (SSSR count). The van der Waals surface area contributed by atoms with Crippen molar-refractivity contribution < 1.29 is 14.3 Å². The highest BCUT2D eigenvalue weighted by Crippen LogP contribution is 2.27. The number of amides is 1. The minimum Gasteiger partial charge on any atom is -0.493 e. The number of benzene rings is 1. The van der Waals surface area contributed by atoms with Gasteiger partial charge in [0.25, 0.3) is 0 Å². The van der Waals surface area contributed by atoms with Crippen LogP contribution in [-0.4, -0.2) is 25.8 Å². The lowest BCUT2D eigenvalue weighted by atomic mass is 10.1. The molecule has 1 aromatic carbocycles. The molecular formula is C15H22N2O3. The molecular weight excluding hydrogens is 256 g/mol. The molecule has 5 nitrogen and oxygen atoms in total. The Bertz CT molecular complexity index is 496. The minimum atomic E-state index is -0.0835. The molecule has 0 aliphatic rings. The molecule has 0 unspecified atom stereocenters. The highest BCUT2D eigenvalue weighted by molar-refractivity contribution is 5.99. The Hall–Kier alpha value is -2.04. The summed E-state index contributed by atoms with van der Waals surface area (Å²) in [4.78, 5) is 11.5. The third kappa shape index (κ3) is 4.57. The van der Waals surface area contributed by atoms with Gasteiger partial charge < -0.3 is 9.47 Å². The Kier molecular flexibility index (Phi) is 6.03. The topological polar surface area (TPSA) is 59.9 Å². The second-order valence-corrected chi connectivity index (χ2v) is 4.90. The first kappa shape index (κ1) is 16.0. The van der Waals surface area contributed by atoms with Gasteiger partial charge in [-0.1, -0.05) is 13.8 Å². The maximum Gasteiger partial charge on any atom is 0.240 e. The summed E-state index contributed by atoms with van der Waals surface area (Å²) in [5, 5.41) is 4.10. The lowest BCUT2D eigenvalue weighted by Crippen LogP contribution is -2.20. The standard InChI is InChI=1S/C15H22N2O3/c1-10(2)8-15(18)17-16-11(3)12-6-7-13(19-4)14(9-12)20-5/h6-7,9-10H,8H2,1-5H3,(H,17,18). The highest BCUT2D eigenvalue weighted by atomic mass is 16.5. The predicted molar refractivity (Wildman–Crippen MR) is 79.4 cm³/mol. The molecule has 0 aliphatic heterocycles. The van der Waals surface area contributed by atoms with Crippen molar-refractivity contribution in [2.45, 2.75) is 27.2 Å². The maximum absolute atomic E-state index is 11.5. The fourth-order valence-corrected chi connectivity index (χ4v) is 1.69. The van der Waals surface area contributed by atoms with E-state index in [0.717, 1.165) is 5.56 Å². The molecule has 0 aromatic heterocycles. The molecule has 0 fully saturated rings. The monoisotopic (exact) mass is 278 g/mol. The van der Waals surface area contributed by atoms with Crippen LogP contribution in [0.15, 0.2) is 23.3 Å². The lowest BCUT2D eigenvalue weighted by Gasteiger charge is -2.09. The third-order valence-corrected chi connectivity index (χ3v) is 2.74. The van der Waals surface area contributed by atoms with Gasteiger partial charge in [0, 0.05) is 12.0 Å². The molecule has 0 radical (unpaired) electrons. The van der Waals surface area contributed by atoms with E-state index in [1.165, 1.54) is 0 Å². The van der Waals surface area contributed by atoms with Gasteiger partial charge in [0.2, 0.25) is 5.91 Å². The Morgan fingerprint density at radius 3 is 2.45 bits per heavy atom. The second-order valence-electron chi connectivity index (χ2n) is 4.90. The third-order valence-electron chi connectivity index (χ3n) is 2.74. The number of carbonyl (C=O) groups is 1. The number of ether oxygens (including phenoxy) is 2. The summed E-state index contributed by atoms with van der Waals surface area (Å²) in [6.45, 7) is 5.81. The van der Waals surface area contributed by atoms with E-state index < -0.39 is 0 Å². The Morgan fingerprint density at radius 2 is 1.90 bits per heavy atom. The quantitative estimate of drug-likeness (QED) is 0.642. The summed E-state index contributed by atoms with van der Waals surface area (Å²) >= 11 is 0. The Balaban J connectivity index is 2.81. The summed E-state index contributed by atoms with van der Waals surface area (Å²) < 4.78 is 10.4. The summed E-state index contributed by atoms with van der Waals surface area (Å²) in [5.41, 5.74) is 4.13. The van der Waals surface area contributed by atoms with Crippen molar-refractivity contribution in [1.29, 1.82) is 0 Å². The van der Waals surface area contributed by atoms with Gasteiger partial charge in [-0.05, 0) is 31.0 Å². The molecule has 110 valence electrons. The van der Waals surface area contributed by atoms with Crippen molar-refractivity contribution in [1.82, 2.24) is 5.43 Å². The van der Waals surface area contributed by atoms with E-state index in [9.17, 15) is 4.79 Å². The van der Waals surface area contributed by atoms with Gasteiger partial charge in [0.1, 0.15) is 0 Å². The molecule has 0 heterocycles. The fourth-order valence-electron chi connectivity index (χ4n) is 1.69. The molecule has 20 heavy (non-hydrogen) atoms. The number of hydrazone groups is 1. The highest BCUT2D eigenvalue weighted by Gasteiger charge is 2.07. The summed E-state index contributed by atoms with van der Waals surface area (Å²) in [5.74, 6) is 1.52. The van der Waals surface area contributed by atoms with E-state index >= 15 is 0 Å². The van der Waals surface area contributed by atoms with Gasteiger partial charge in [-0.15, -0.1) is 0 Å². The van der Waals surface area contributed by atoms with E-state index in [2.05, 4.69) is 10.5 Å². The molecule has 0 spiro atoms. The summed E-state index contributed by atoms with van der Waals surface area (Å²) in [6.07, 6.45) is 0.461. The first-order chi connectivity index (χ1) is 9.47. The van der Waals surface area contributed by atoms with E-state index in [4.69, 9.17) is 9.47 Å². The Labute approximate surface area is 120 Å². The summed E-state index contributed by atoms with van der Waals surface area (Å²) in [7, 11) is 3.17. The van der Waals surface area contributed by atoms with Gasteiger partial charge in [-0.3, -0.25) is 4.79 Å². The van der Waals surface area contributed by atoms with Crippen molar-refractivity contribution >= 4 is 11.6 Å². The van der Waals surface area contributed by atoms with Crippen molar-refractivity contribution in [2.24, 2.45) is 11.0 Å². The number of rotatable bonds is 6. The molecule has 1 aromatic rings.